The van der Waals surface area contributed by atoms with Crippen LogP contribution in [0.2, 0.25) is 0 Å². The lowest BCUT2D eigenvalue weighted by Crippen LogP contribution is -2.30. The fraction of sp³-hybridized carbons (Fsp3) is 0.617. The van der Waals surface area contributed by atoms with E-state index >= 15 is 0 Å². The minimum Gasteiger partial charge on any atom is -0.462 e. The van der Waals surface area contributed by atoms with Crippen LogP contribution in [0.3, 0.4) is 0 Å². The summed E-state index contributed by atoms with van der Waals surface area (Å²) >= 11 is 0. The summed E-state index contributed by atoms with van der Waals surface area (Å²) in [5.41, 5.74) is 0. The zero-order chi connectivity index (χ0) is 52.7. The largest absolute Gasteiger partial charge is 0.472 e. The van der Waals surface area contributed by atoms with Crippen molar-refractivity contribution in [1.82, 2.24) is 0 Å². The van der Waals surface area contributed by atoms with Gasteiger partial charge < -0.3 is 24.2 Å². The number of aliphatic hydroxyl groups excluding tert-OH is 1. The first-order chi connectivity index (χ1) is 35.2. The topological polar surface area (TPSA) is 155 Å². The third-order valence-electron chi connectivity index (χ3n) is 10.9. The molecular weight excluding hydrogens is 928 g/mol. The van der Waals surface area contributed by atoms with E-state index in [1.807, 2.05) is 12.2 Å². The van der Waals surface area contributed by atoms with Gasteiger partial charge in [0.25, 0.3) is 0 Å². The summed E-state index contributed by atoms with van der Waals surface area (Å²) in [4.78, 5) is 48.4. The fourth-order valence-electron chi connectivity index (χ4n) is 6.74. The number of phosphoric acid groups is 1. The molecule has 0 aliphatic rings. The van der Waals surface area contributed by atoms with Crippen LogP contribution in [0.1, 0.15) is 201 Å². The number of hydrogen-bond donors (Lipinski definition) is 2. The highest BCUT2D eigenvalue weighted by atomic mass is 31.2. The van der Waals surface area contributed by atoms with Crippen LogP contribution in [-0.4, -0.2) is 66.5 Å². The molecular formula is C60H97O11P. The lowest BCUT2D eigenvalue weighted by Gasteiger charge is -2.21. The van der Waals surface area contributed by atoms with E-state index in [1.165, 1.54) is 25.7 Å². The Morgan fingerprint density at radius 3 is 1.18 bits per heavy atom. The fourth-order valence-corrected chi connectivity index (χ4v) is 7.53. The second kappa shape index (κ2) is 53.2. The number of rotatable bonds is 49. The van der Waals surface area contributed by atoms with Crippen LogP contribution in [-0.2, 0) is 42.2 Å². The lowest BCUT2D eigenvalue weighted by atomic mass is 10.1. The maximum atomic E-state index is 12.9. The van der Waals surface area contributed by atoms with Gasteiger partial charge >= 0.3 is 25.7 Å². The Morgan fingerprint density at radius 2 is 0.750 bits per heavy atom. The van der Waals surface area contributed by atoms with E-state index in [-0.39, 0.29) is 25.9 Å². The lowest BCUT2D eigenvalue weighted by molar-refractivity contribution is -0.161. The molecule has 0 saturated heterocycles. The molecule has 0 amide bonds. The van der Waals surface area contributed by atoms with Gasteiger partial charge in [0.1, 0.15) is 12.7 Å². The van der Waals surface area contributed by atoms with E-state index in [2.05, 4.69) is 130 Å². The molecule has 0 fully saturated rings. The molecule has 0 bridgehead atoms. The molecule has 3 unspecified atom stereocenters. The van der Waals surface area contributed by atoms with Crippen molar-refractivity contribution >= 4 is 25.7 Å². The van der Waals surface area contributed by atoms with Crippen LogP contribution in [0, 0.1) is 0 Å². The second-order valence-corrected chi connectivity index (χ2v) is 19.1. The Labute approximate surface area is 437 Å². The Bertz CT molecular complexity index is 1670. The predicted molar refractivity (Wildman–Crippen MR) is 297 cm³/mol. The molecule has 0 rings (SSSR count). The maximum Gasteiger partial charge on any atom is 0.472 e. The van der Waals surface area contributed by atoms with E-state index in [4.69, 9.17) is 23.3 Å². The zero-order valence-corrected chi connectivity index (χ0v) is 45.7. The monoisotopic (exact) mass is 1020 g/mol. The van der Waals surface area contributed by atoms with E-state index in [0.717, 1.165) is 116 Å². The summed E-state index contributed by atoms with van der Waals surface area (Å²) in [6.07, 6.45) is 64.7. The first-order valence-electron chi connectivity index (χ1n) is 27.4. The SMILES string of the molecule is CC/C=C\C/C=C\C/C=C\C/C=C\CCC(=O)OCC(COP(=O)(O)OCC(CO)OC(=O)CCCCC/C=C\C/C=C\C/C=C\CC)OC(=O)CCCCCCCC/C=C\C/C=C\C/C=C\CCCCC. The molecule has 3 atom stereocenters. The molecule has 0 heterocycles. The summed E-state index contributed by atoms with van der Waals surface area (Å²) in [7, 11) is -4.78. The molecule has 72 heavy (non-hydrogen) atoms. The summed E-state index contributed by atoms with van der Waals surface area (Å²) in [5, 5.41) is 9.78. The van der Waals surface area contributed by atoms with Crippen molar-refractivity contribution in [1.29, 1.82) is 0 Å². The normalized spacial score (nSPS) is 14.3. The van der Waals surface area contributed by atoms with Gasteiger partial charge in [0.2, 0.25) is 0 Å². The molecule has 0 aliphatic carbocycles. The van der Waals surface area contributed by atoms with Crippen molar-refractivity contribution in [2.45, 2.75) is 213 Å². The van der Waals surface area contributed by atoms with Gasteiger partial charge in [0, 0.05) is 19.3 Å². The van der Waals surface area contributed by atoms with Crippen molar-refractivity contribution in [3.63, 3.8) is 0 Å². The maximum absolute atomic E-state index is 12.9. The molecule has 2 N–H and O–H groups in total. The van der Waals surface area contributed by atoms with Crippen molar-refractivity contribution in [2.24, 2.45) is 0 Å². The Morgan fingerprint density at radius 1 is 0.403 bits per heavy atom. The molecule has 0 radical (unpaired) electrons. The van der Waals surface area contributed by atoms with Crippen LogP contribution in [0.5, 0.6) is 0 Å². The Kier molecular flexibility index (Phi) is 50.1. The van der Waals surface area contributed by atoms with Crippen LogP contribution in [0.15, 0.2) is 122 Å². The summed E-state index contributed by atoms with van der Waals surface area (Å²) in [6.45, 7) is 4.22. The van der Waals surface area contributed by atoms with Crippen LogP contribution >= 0.6 is 7.82 Å². The third-order valence-corrected chi connectivity index (χ3v) is 11.8. The number of ether oxygens (including phenoxy) is 3. The highest BCUT2D eigenvalue weighted by Gasteiger charge is 2.28. The first-order valence-corrected chi connectivity index (χ1v) is 28.9. The number of carbonyl (C=O) groups excluding carboxylic acids is 3. The second-order valence-electron chi connectivity index (χ2n) is 17.6. The Hall–Kier alpha value is -4.12. The van der Waals surface area contributed by atoms with Gasteiger partial charge in [-0.05, 0) is 116 Å². The molecule has 0 aliphatic heterocycles. The van der Waals surface area contributed by atoms with Crippen molar-refractivity contribution < 1.29 is 52.2 Å². The minimum atomic E-state index is -4.78. The standard InChI is InChI=1S/C60H97O11P/c1-4-7-10-13-16-19-22-25-26-27-28-29-30-33-36-39-42-45-48-51-60(64)71-57(53-67-58(62)49-46-43-40-37-34-31-23-20-17-14-11-8-5-2)55-69-72(65,66)68-54-56(52-61)70-59(63)50-47-44-41-38-35-32-24-21-18-15-12-9-6-3/h8-9,11-12,16-21,25-26,28-29,31-32,34-35,40,43,56-57,61H,4-7,10,13-15,22-24,27,30,33,36-39,41-42,44-55H2,1-3H3,(H,65,66)/b11-8-,12-9-,19-16-,20-17-,21-18-,26-25-,29-28-,34-31-,35-32-,43-40-. The predicted octanol–water partition coefficient (Wildman–Crippen LogP) is 16.0. The third kappa shape index (κ3) is 50.8. The number of phosphoric ester groups is 1. The van der Waals surface area contributed by atoms with E-state index in [9.17, 15) is 28.9 Å². The van der Waals surface area contributed by atoms with E-state index in [1.54, 1.807) is 0 Å². The zero-order valence-electron chi connectivity index (χ0n) is 44.8. The average molecular weight is 1030 g/mol. The molecule has 0 aromatic carbocycles. The molecule has 408 valence electrons. The van der Waals surface area contributed by atoms with Crippen molar-refractivity contribution in [2.75, 3.05) is 26.4 Å². The molecule has 0 aromatic rings. The highest BCUT2D eigenvalue weighted by Crippen LogP contribution is 2.43. The smallest absolute Gasteiger partial charge is 0.462 e. The van der Waals surface area contributed by atoms with E-state index in [0.29, 0.717) is 19.3 Å². The summed E-state index contributed by atoms with van der Waals surface area (Å²) in [6, 6.07) is 0. The van der Waals surface area contributed by atoms with Crippen LogP contribution in [0.4, 0.5) is 0 Å². The molecule has 11 nitrogen and oxygen atoms in total. The average Bonchev–Trinajstić information content (AvgIpc) is 3.37. The van der Waals surface area contributed by atoms with Gasteiger partial charge in [-0.3, -0.25) is 23.4 Å². The molecule has 12 heteroatoms. The van der Waals surface area contributed by atoms with Crippen LogP contribution in [0.25, 0.3) is 0 Å². The van der Waals surface area contributed by atoms with Gasteiger partial charge in [-0.15, -0.1) is 0 Å². The van der Waals surface area contributed by atoms with Gasteiger partial charge in [0.15, 0.2) is 6.10 Å². The summed E-state index contributed by atoms with van der Waals surface area (Å²) < 4.78 is 39.3. The number of hydrogen-bond acceptors (Lipinski definition) is 10. The number of aliphatic hydroxyl groups is 1. The number of esters is 3. The van der Waals surface area contributed by atoms with Crippen molar-refractivity contribution in [3.8, 4) is 0 Å². The van der Waals surface area contributed by atoms with Crippen LogP contribution < -0.4 is 0 Å². The Balaban J connectivity index is 4.86. The molecule has 0 spiro atoms. The van der Waals surface area contributed by atoms with E-state index < -0.39 is 57.8 Å². The minimum absolute atomic E-state index is 0.0940. The van der Waals surface area contributed by atoms with Gasteiger partial charge in [-0.2, -0.15) is 0 Å². The molecule has 0 saturated carbocycles. The number of carbonyl (C=O) groups is 3. The molecule has 0 aromatic heterocycles. The highest BCUT2D eigenvalue weighted by molar-refractivity contribution is 7.47. The van der Waals surface area contributed by atoms with Crippen molar-refractivity contribution in [3.05, 3.63) is 122 Å². The van der Waals surface area contributed by atoms with Gasteiger partial charge in [-0.25, -0.2) is 4.57 Å². The summed E-state index contributed by atoms with van der Waals surface area (Å²) in [5.74, 6) is -1.62. The first kappa shape index (κ1) is 67.9. The van der Waals surface area contributed by atoms with Gasteiger partial charge in [0.05, 0.1) is 19.8 Å². The number of allylic oxidation sites excluding steroid dienone is 20. The van der Waals surface area contributed by atoms with Gasteiger partial charge in [-0.1, -0.05) is 187 Å². The number of unbranched alkanes of at least 4 members (excludes halogenated alkanes) is 12. The quantitative estimate of drug-likeness (QED) is 0.0197.